The second-order valence-electron chi connectivity index (χ2n) is 7.36. The fourth-order valence-corrected chi connectivity index (χ4v) is 3.91. The molecule has 1 heterocycles. The molecule has 166 valence electrons. The first-order valence-electron chi connectivity index (χ1n) is 10.4. The van der Waals surface area contributed by atoms with Gasteiger partial charge in [0.05, 0.1) is 5.69 Å². The number of para-hydroxylation sites is 1. The normalized spacial score (nSPS) is 10.5. The Balaban J connectivity index is 1.41. The number of nitrogens with zero attached hydrogens (tertiary/aromatic N) is 1. The summed E-state index contributed by atoms with van der Waals surface area (Å²) in [5.74, 6) is 0.460. The van der Waals surface area contributed by atoms with Gasteiger partial charge in [0.1, 0.15) is 12.4 Å². The Labute approximate surface area is 196 Å². The fourth-order valence-electron chi connectivity index (χ4n) is 3.19. The van der Waals surface area contributed by atoms with E-state index in [9.17, 15) is 9.59 Å². The molecule has 4 rings (SSSR count). The molecule has 0 atom stereocenters. The Morgan fingerprint density at radius 1 is 0.939 bits per heavy atom. The summed E-state index contributed by atoms with van der Waals surface area (Å²) in [5, 5.41) is 8.10. The van der Waals surface area contributed by atoms with Crippen LogP contribution in [0, 0.1) is 0 Å². The van der Waals surface area contributed by atoms with E-state index in [4.69, 9.17) is 4.74 Å². The Morgan fingerprint density at radius 3 is 2.42 bits per heavy atom. The first-order valence-corrected chi connectivity index (χ1v) is 11.3. The molecule has 0 aliphatic carbocycles. The zero-order valence-electron chi connectivity index (χ0n) is 18.1. The van der Waals surface area contributed by atoms with Crippen LogP contribution in [0.15, 0.2) is 84.2 Å². The second-order valence-corrected chi connectivity index (χ2v) is 8.22. The number of aromatic nitrogens is 1. The molecule has 6 nitrogen and oxygen atoms in total. The van der Waals surface area contributed by atoms with Crippen LogP contribution in [0.25, 0.3) is 11.3 Å². The van der Waals surface area contributed by atoms with Gasteiger partial charge in [-0.3, -0.25) is 14.9 Å². The van der Waals surface area contributed by atoms with E-state index in [1.807, 2.05) is 78.2 Å². The molecule has 0 aliphatic rings. The highest BCUT2D eigenvalue weighted by molar-refractivity contribution is 7.14. The maximum absolute atomic E-state index is 12.9. The van der Waals surface area contributed by atoms with Gasteiger partial charge in [-0.1, -0.05) is 60.7 Å². The number of amides is 2. The molecule has 0 radical (unpaired) electrons. The molecule has 0 fully saturated rings. The summed E-state index contributed by atoms with van der Waals surface area (Å²) in [6.45, 7) is 2.27. The quantitative estimate of drug-likeness (QED) is 0.377. The van der Waals surface area contributed by atoms with Crippen LogP contribution in [0.5, 0.6) is 5.75 Å². The topological polar surface area (TPSA) is 80.3 Å². The lowest BCUT2D eigenvalue weighted by Gasteiger charge is -2.10. The molecule has 2 amide bonds. The van der Waals surface area contributed by atoms with Crippen LogP contribution in [0.1, 0.15) is 28.4 Å². The van der Waals surface area contributed by atoms with Crippen molar-refractivity contribution in [3.63, 3.8) is 0 Å². The van der Waals surface area contributed by atoms with Crippen molar-refractivity contribution in [1.29, 1.82) is 0 Å². The van der Waals surface area contributed by atoms with Gasteiger partial charge in [0.25, 0.3) is 5.91 Å². The van der Waals surface area contributed by atoms with Crippen molar-refractivity contribution in [3.8, 4) is 17.0 Å². The van der Waals surface area contributed by atoms with Gasteiger partial charge < -0.3 is 10.1 Å². The van der Waals surface area contributed by atoms with E-state index in [1.54, 1.807) is 6.07 Å². The predicted molar refractivity (Wildman–Crippen MR) is 130 cm³/mol. The van der Waals surface area contributed by atoms with E-state index in [-0.39, 0.29) is 11.8 Å². The van der Waals surface area contributed by atoms with Gasteiger partial charge in [0.15, 0.2) is 5.13 Å². The van der Waals surface area contributed by atoms with Gasteiger partial charge >= 0.3 is 0 Å². The average Bonchev–Trinajstić information content (AvgIpc) is 3.31. The second kappa shape index (κ2) is 10.6. The number of benzene rings is 3. The maximum Gasteiger partial charge on any atom is 0.257 e. The Bertz CT molecular complexity index is 1240. The third-order valence-electron chi connectivity index (χ3n) is 4.92. The number of thiazole rings is 1. The van der Waals surface area contributed by atoms with E-state index >= 15 is 0 Å². The van der Waals surface area contributed by atoms with E-state index in [1.165, 1.54) is 18.3 Å². The molecule has 0 spiro atoms. The van der Waals surface area contributed by atoms with Crippen molar-refractivity contribution < 1.29 is 14.3 Å². The van der Waals surface area contributed by atoms with Gasteiger partial charge in [-0.15, -0.1) is 11.3 Å². The van der Waals surface area contributed by atoms with Crippen LogP contribution in [0.3, 0.4) is 0 Å². The summed E-state index contributed by atoms with van der Waals surface area (Å²) in [7, 11) is 0. The molecule has 0 bridgehead atoms. The molecule has 33 heavy (non-hydrogen) atoms. The van der Waals surface area contributed by atoms with E-state index in [0.29, 0.717) is 23.8 Å². The largest absolute Gasteiger partial charge is 0.489 e. The highest BCUT2D eigenvalue weighted by atomic mass is 32.1. The molecular formula is C26H23N3O3S. The summed E-state index contributed by atoms with van der Waals surface area (Å²) < 4.78 is 5.82. The predicted octanol–water partition coefficient (Wildman–Crippen LogP) is 5.28. The number of carbonyl (C=O) groups excluding carboxylic acids is 2. The number of ether oxygens (including phenoxy) is 1. The molecule has 2 N–H and O–H groups in total. The number of hydrogen-bond acceptors (Lipinski definition) is 5. The van der Waals surface area contributed by atoms with Gasteiger partial charge in [-0.25, -0.2) is 4.98 Å². The van der Waals surface area contributed by atoms with Crippen molar-refractivity contribution >= 4 is 28.3 Å². The molecule has 7 heteroatoms. The van der Waals surface area contributed by atoms with E-state index in [2.05, 4.69) is 15.6 Å². The molecule has 0 saturated carbocycles. The minimum atomic E-state index is -0.228. The Morgan fingerprint density at radius 2 is 1.67 bits per heavy atom. The molecule has 4 aromatic rings. The molecule has 1 aromatic heterocycles. The van der Waals surface area contributed by atoms with Crippen LogP contribution < -0.4 is 15.4 Å². The molecule has 0 aliphatic heterocycles. The monoisotopic (exact) mass is 457 g/mol. The molecule has 0 saturated heterocycles. The fraction of sp³-hybridized carbons (Fsp3) is 0.115. The summed E-state index contributed by atoms with van der Waals surface area (Å²) in [6, 6.07) is 24.7. The molecular weight excluding hydrogens is 434 g/mol. The first-order chi connectivity index (χ1) is 16.1. The van der Waals surface area contributed by atoms with Gasteiger partial charge in [-0.05, 0) is 23.8 Å². The van der Waals surface area contributed by atoms with Gasteiger partial charge in [-0.2, -0.15) is 0 Å². The Kier molecular flexibility index (Phi) is 7.12. The number of nitrogens with one attached hydrogen (secondary N) is 2. The van der Waals surface area contributed by atoms with Crippen LogP contribution in [-0.4, -0.2) is 16.8 Å². The third-order valence-corrected chi connectivity index (χ3v) is 5.67. The van der Waals surface area contributed by atoms with Crippen molar-refractivity contribution in [2.45, 2.75) is 20.1 Å². The number of hydrogen-bond donors (Lipinski definition) is 2. The van der Waals surface area contributed by atoms with Crippen molar-refractivity contribution in [3.05, 3.63) is 101 Å². The van der Waals surface area contributed by atoms with Crippen molar-refractivity contribution in [2.24, 2.45) is 0 Å². The minimum absolute atomic E-state index is 0.0628. The zero-order chi connectivity index (χ0) is 23.0. The Hall–Kier alpha value is -3.97. The summed E-state index contributed by atoms with van der Waals surface area (Å²) in [5.41, 5.74) is 4.07. The average molecular weight is 458 g/mol. The lowest BCUT2D eigenvalue weighted by atomic mass is 10.1. The van der Waals surface area contributed by atoms with Crippen LogP contribution in [-0.2, 0) is 17.9 Å². The SMILES string of the molecule is CC(=O)NCc1ccc(-c2csc(NC(=O)c3ccccc3COc3ccccc3)n2)cc1. The molecule has 0 unspecified atom stereocenters. The maximum atomic E-state index is 12.9. The highest BCUT2D eigenvalue weighted by Gasteiger charge is 2.14. The van der Waals surface area contributed by atoms with Gasteiger partial charge in [0, 0.05) is 35.5 Å². The van der Waals surface area contributed by atoms with Gasteiger partial charge in [0.2, 0.25) is 5.91 Å². The molecule has 3 aromatic carbocycles. The minimum Gasteiger partial charge on any atom is -0.489 e. The van der Waals surface area contributed by atoms with Crippen molar-refractivity contribution in [2.75, 3.05) is 5.32 Å². The van der Waals surface area contributed by atoms with E-state index in [0.717, 1.165) is 28.1 Å². The summed E-state index contributed by atoms with van der Waals surface area (Å²) in [6.07, 6.45) is 0. The van der Waals surface area contributed by atoms with E-state index < -0.39 is 0 Å². The third kappa shape index (κ3) is 6.05. The smallest absolute Gasteiger partial charge is 0.257 e. The lowest BCUT2D eigenvalue weighted by molar-refractivity contribution is -0.119. The van der Waals surface area contributed by atoms with Crippen LogP contribution in [0.2, 0.25) is 0 Å². The number of carbonyl (C=O) groups is 2. The lowest BCUT2D eigenvalue weighted by Crippen LogP contribution is -2.18. The summed E-state index contributed by atoms with van der Waals surface area (Å²) >= 11 is 1.37. The standard InChI is InChI=1S/C26H23N3O3S/c1-18(30)27-15-19-11-13-20(14-12-19)24-17-33-26(28-24)29-25(31)23-10-6-5-7-21(23)16-32-22-8-3-2-4-9-22/h2-14,17H,15-16H2,1H3,(H,27,30)(H,28,29,31). The van der Waals surface area contributed by atoms with Crippen molar-refractivity contribution in [1.82, 2.24) is 10.3 Å². The van der Waals surface area contributed by atoms with Crippen LogP contribution >= 0.6 is 11.3 Å². The highest BCUT2D eigenvalue weighted by Crippen LogP contribution is 2.26. The zero-order valence-corrected chi connectivity index (χ0v) is 18.9. The first kappa shape index (κ1) is 22.2. The summed E-state index contributed by atoms with van der Waals surface area (Å²) in [4.78, 5) is 28.5. The number of rotatable bonds is 8. The van der Waals surface area contributed by atoms with Crippen LogP contribution in [0.4, 0.5) is 5.13 Å². The number of anilines is 1.